The Morgan fingerprint density at radius 2 is 0.706 bits per heavy atom. The molecular weight excluding hydrogens is 1050 g/mol. The first-order valence-electron chi connectivity index (χ1n) is 28.3. The van der Waals surface area contributed by atoms with Crippen LogP contribution in [0.25, 0.3) is 65.3 Å². The number of anilines is 11. The van der Waals surface area contributed by atoms with Crippen LogP contribution in [0.5, 0.6) is 0 Å². The van der Waals surface area contributed by atoms with Gasteiger partial charge in [-0.3, -0.25) is 29.0 Å². The van der Waals surface area contributed by atoms with Crippen LogP contribution < -0.4 is 19.6 Å². The van der Waals surface area contributed by atoms with Crippen molar-refractivity contribution >= 4 is 129 Å². The number of amides is 4. The van der Waals surface area contributed by atoms with Gasteiger partial charge in [0.05, 0.1) is 56.6 Å². The van der Waals surface area contributed by atoms with Gasteiger partial charge in [0.15, 0.2) is 0 Å². The molecule has 0 unspecified atom stereocenters. The molecule has 12 aromatic carbocycles. The summed E-state index contributed by atoms with van der Waals surface area (Å²) in [5.74, 6) is -1.56. The van der Waals surface area contributed by atoms with Gasteiger partial charge in [0.25, 0.3) is 23.6 Å². The second-order valence-corrected chi connectivity index (χ2v) is 22.0. The highest BCUT2D eigenvalue weighted by Crippen LogP contribution is 2.57. The predicted molar refractivity (Wildman–Crippen MR) is 344 cm³/mol. The lowest BCUT2D eigenvalue weighted by atomic mass is 9.78. The summed E-state index contributed by atoms with van der Waals surface area (Å²) < 4.78 is 0. The average Bonchev–Trinajstić information content (AvgIpc) is 0.748. The van der Waals surface area contributed by atoms with Crippen molar-refractivity contribution in [3.63, 3.8) is 0 Å². The summed E-state index contributed by atoms with van der Waals surface area (Å²) in [6.07, 6.45) is 7.75. The summed E-state index contributed by atoms with van der Waals surface area (Å²) in [7, 11) is 3.09. The van der Waals surface area contributed by atoms with Crippen molar-refractivity contribution < 1.29 is 19.2 Å². The lowest BCUT2D eigenvalue weighted by Gasteiger charge is -2.40. The van der Waals surface area contributed by atoms with Gasteiger partial charge in [0, 0.05) is 58.8 Å². The molecule has 16 rings (SSSR count). The standard InChI is InChI=1S/C75H50N6O4/c1-5-6-8-19-44(2)78-58-22-11-13-24-60(58)80(61-25-14-12-23-59(61)78)48-34-30-45(31-35-48)54-42-56-50-38-41-53-69-67(50)57(51-39-40-52-68(66(51)56)70(54)74(84)76(3)72(52)82)43-55(71(69)75(85)77(4)73(53)83)46-32-36-49(37-33-46)81-64-28-17-15-26-62(64)79(47-20-9-7-10-21-47)63-27-16-18-29-65(63)81/h5-43H,1H2,2-4H3/b8-6-,44-19+. The highest BCUT2D eigenvalue weighted by molar-refractivity contribution is 6.43. The van der Waals surface area contributed by atoms with Crippen molar-refractivity contribution in [3.05, 3.63) is 271 Å². The first kappa shape index (κ1) is 49.5. The lowest BCUT2D eigenvalue weighted by Crippen LogP contribution is -2.37. The van der Waals surface area contributed by atoms with Gasteiger partial charge in [0.1, 0.15) is 0 Å². The summed E-state index contributed by atoms with van der Waals surface area (Å²) >= 11 is 0. The third kappa shape index (κ3) is 6.99. The minimum absolute atomic E-state index is 0.385. The Morgan fingerprint density at radius 1 is 0.353 bits per heavy atom. The van der Waals surface area contributed by atoms with E-state index in [4.69, 9.17) is 0 Å². The highest BCUT2D eigenvalue weighted by atomic mass is 16.2. The van der Waals surface area contributed by atoms with Crippen LogP contribution in [0.15, 0.2) is 249 Å². The van der Waals surface area contributed by atoms with E-state index in [1.54, 1.807) is 20.2 Å². The minimum atomic E-state index is -0.395. The molecule has 0 saturated heterocycles. The molecule has 85 heavy (non-hydrogen) atoms. The molecule has 404 valence electrons. The Bertz CT molecular complexity index is 4910. The molecule has 0 fully saturated rings. The van der Waals surface area contributed by atoms with E-state index in [9.17, 15) is 19.2 Å². The third-order valence-electron chi connectivity index (χ3n) is 17.5. The van der Waals surface area contributed by atoms with Crippen molar-refractivity contribution in [2.75, 3.05) is 33.7 Å². The molecule has 4 aliphatic rings. The van der Waals surface area contributed by atoms with Crippen LogP contribution in [0, 0.1) is 0 Å². The Balaban J connectivity index is 0.872. The van der Waals surface area contributed by atoms with E-state index in [-0.39, 0.29) is 11.8 Å². The fourth-order valence-electron chi connectivity index (χ4n) is 13.7. The Morgan fingerprint density at radius 3 is 1.09 bits per heavy atom. The number of allylic oxidation sites excluding steroid dienone is 5. The molecule has 0 aliphatic carbocycles. The van der Waals surface area contributed by atoms with Crippen LogP contribution in [0.4, 0.5) is 62.6 Å². The Kier molecular flexibility index (Phi) is 10.8. The van der Waals surface area contributed by atoms with E-state index in [0.717, 1.165) is 112 Å². The van der Waals surface area contributed by atoms with E-state index >= 15 is 0 Å². The number of fused-ring (bicyclic) bond motifs is 6. The molecule has 0 aromatic heterocycles. The summed E-state index contributed by atoms with van der Waals surface area (Å²) in [6.45, 7) is 5.95. The number of hydrogen-bond acceptors (Lipinski definition) is 8. The van der Waals surface area contributed by atoms with Crippen molar-refractivity contribution in [2.24, 2.45) is 0 Å². The quantitative estimate of drug-likeness (QED) is 0.0644. The predicted octanol–water partition coefficient (Wildman–Crippen LogP) is 18.3. The van der Waals surface area contributed by atoms with Crippen LogP contribution in [-0.4, -0.2) is 47.5 Å². The SMILES string of the molecule is C=C/C=C\C=C(/C)N1c2ccccc2N(c2ccc(-c3cc4c5ccc6c7c(c(-c8ccc(N9c%10ccccc%10N(c%10ccccc%10)c%10ccccc%109)cc8)cc(c8ccc9c(c3C(=O)N(C)C9=O)c84)c75)C(=O)N(C)C6=O)cc2)c2ccccc21. The number of rotatable bonds is 8. The minimum Gasteiger partial charge on any atom is -0.310 e. The zero-order valence-corrected chi connectivity index (χ0v) is 46.5. The molecule has 0 atom stereocenters. The van der Waals surface area contributed by atoms with Gasteiger partial charge in [0.2, 0.25) is 0 Å². The smallest absolute Gasteiger partial charge is 0.261 e. The van der Waals surface area contributed by atoms with Crippen molar-refractivity contribution in [3.8, 4) is 22.3 Å². The molecule has 0 N–H and O–H groups in total. The zero-order valence-electron chi connectivity index (χ0n) is 46.5. The van der Waals surface area contributed by atoms with E-state index in [1.807, 2.05) is 54.6 Å². The first-order chi connectivity index (χ1) is 41.6. The van der Waals surface area contributed by atoms with Crippen molar-refractivity contribution in [1.29, 1.82) is 0 Å². The number of para-hydroxylation sites is 9. The normalized spacial score (nSPS) is 14.6. The van der Waals surface area contributed by atoms with Crippen molar-refractivity contribution in [2.45, 2.75) is 6.92 Å². The van der Waals surface area contributed by atoms with Gasteiger partial charge in [-0.25, -0.2) is 0 Å². The summed E-state index contributed by atoms with van der Waals surface area (Å²) in [5, 5.41) is 5.92. The maximum atomic E-state index is 15.0. The Labute approximate surface area is 489 Å². The van der Waals surface area contributed by atoms with Gasteiger partial charge in [-0.05, 0) is 177 Å². The van der Waals surface area contributed by atoms with Gasteiger partial charge in [-0.1, -0.05) is 128 Å². The third-order valence-corrected chi connectivity index (χ3v) is 17.5. The maximum absolute atomic E-state index is 15.0. The molecule has 0 spiro atoms. The van der Waals surface area contributed by atoms with Gasteiger partial charge < -0.3 is 19.6 Å². The van der Waals surface area contributed by atoms with E-state index in [0.29, 0.717) is 44.2 Å². The first-order valence-corrected chi connectivity index (χ1v) is 28.3. The van der Waals surface area contributed by atoms with E-state index < -0.39 is 11.8 Å². The lowest BCUT2D eigenvalue weighted by molar-refractivity contribution is 0.0636. The summed E-state index contributed by atoms with van der Waals surface area (Å²) in [6, 6.07) is 72.2. The van der Waals surface area contributed by atoms with Gasteiger partial charge in [-0.2, -0.15) is 0 Å². The molecule has 12 aromatic rings. The Hall–Kier alpha value is -11.4. The summed E-state index contributed by atoms with van der Waals surface area (Å²) in [4.78, 5) is 70.3. The van der Waals surface area contributed by atoms with Crippen molar-refractivity contribution in [1.82, 2.24) is 9.80 Å². The second-order valence-electron chi connectivity index (χ2n) is 22.0. The average molecular weight is 1100 g/mol. The molecule has 0 bridgehead atoms. The van der Waals surface area contributed by atoms with E-state index in [1.165, 1.54) is 9.80 Å². The molecule has 0 saturated carbocycles. The van der Waals surface area contributed by atoms with Crippen LogP contribution >= 0.6 is 0 Å². The fraction of sp³-hybridized carbons (Fsp3) is 0.0400. The number of imide groups is 2. The van der Waals surface area contributed by atoms with Crippen LogP contribution in [0.2, 0.25) is 0 Å². The largest absolute Gasteiger partial charge is 0.310 e. The zero-order chi connectivity index (χ0) is 57.5. The molecule has 10 nitrogen and oxygen atoms in total. The molecule has 4 amide bonds. The maximum Gasteiger partial charge on any atom is 0.261 e. The number of benzene rings is 12. The van der Waals surface area contributed by atoms with Crippen LogP contribution in [-0.2, 0) is 0 Å². The highest BCUT2D eigenvalue weighted by Gasteiger charge is 2.39. The summed E-state index contributed by atoms with van der Waals surface area (Å²) in [5.41, 5.74) is 16.7. The monoisotopic (exact) mass is 1100 g/mol. The van der Waals surface area contributed by atoms with Gasteiger partial charge >= 0.3 is 0 Å². The molecule has 0 radical (unpaired) electrons. The molecular formula is C75H50N6O4. The molecule has 4 aliphatic heterocycles. The topological polar surface area (TPSA) is 87.7 Å². The number of carbonyl (C=O) groups excluding carboxylic acids is 4. The number of hydrogen-bond donors (Lipinski definition) is 0. The number of nitrogens with zero attached hydrogens (tertiary/aromatic N) is 6. The fourth-order valence-corrected chi connectivity index (χ4v) is 13.7. The van der Waals surface area contributed by atoms with Crippen LogP contribution in [0.1, 0.15) is 48.4 Å². The molecule has 4 heterocycles. The van der Waals surface area contributed by atoms with Crippen LogP contribution in [0.3, 0.4) is 0 Å². The van der Waals surface area contributed by atoms with Gasteiger partial charge in [-0.15, -0.1) is 0 Å². The second kappa shape index (κ2) is 18.6. The molecule has 10 heteroatoms. The van der Waals surface area contributed by atoms with E-state index in [2.05, 4.69) is 209 Å². The number of carbonyl (C=O) groups is 4.